The van der Waals surface area contributed by atoms with Crippen LogP contribution in [0, 0.1) is 0 Å². The van der Waals surface area contributed by atoms with E-state index in [0.29, 0.717) is 17.9 Å². The molecular formula is C21H23NO4S. The molecule has 0 fully saturated rings. The molecule has 0 bridgehead atoms. The Bertz CT molecular complexity index is 803. The summed E-state index contributed by atoms with van der Waals surface area (Å²) in [6.07, 6.45) is 1.40. The van der Waals surface area contributed by atoms with Crippen LogP contribution in [0.2, 0.25) is 0 Å². The van der Waals surface area contributed by atoms with Gasteiger partial charge in [0.1, 0.15) is 17.2 Å². The first-order chi connectivity index (χ1) is 13.2. The van der Waals surface area contributed by atoms with E-state index in [1.54, 1.807) is 0 Å². The number of carbonyl (C=O) groups excluding carboxylic acids is 1. The van der Waals surface area contributed by atoms with Crippen LogP contribution in [0.1, 0.15) is 23.6 Å². The maximum atomic E-state index is 12.0. The average Bonchev–Trinajstić information content (AvgIpc) is 2.71. The van der Waals surface area contributed by atoms with Crippen molar-refractivity contribution in [2.75, 3.05) is 14.2 Å². The minimum atomic E-state index is -0.439. The Morgan fingerprint density at radius 2 is 1.78 bits per heavy atom. The molecule has 0 radical (unpaired) electrons. The number of benzene rings is 2. The molecule has 5 nitrogen and oxygen atoms in total. The van der Waals surface area contributed by atoms with E-state index in [-0.39, 0.29) is 0 Å². The van der Waals surface area contributed by atoms with Gasteiger partial charge in [0.25, 0.3) is 0 Å². The van der Waals surface area contributed by atoms with Gasteiger partial charge in [0, 0.05) is 5.75 Å². The topological polar surface area (TPSA) is 57.1 Å². The number of thioether (sulfide) groups is 1. The summed E-state index contributed by atoms with van der Waals surface area (Å²) in [5.41, 5.74) is 3.20. The van der Waals surface area contributed by atoms with E-state index in [2.05, 4.69) is 5.16 Å². The molecule has 0 spiro atoms. The predicted molar refractivity (Wildman–Crippen MR) is 109 cm³/mol. The van der Waals surface area contributed by atoms with E-state index in [0.717, 1.165) is 21.7 Å². The molecule has 0 heterocycles. The van der Waals surface area contributed by atoms with Gasteiger partial charge in [-0.1, -0.05) is 59.8 Å². The number of ether oxygens (including phenoxy) is 2. The van der Waals surface area contributed by atoms with E-state index in [4.69, 9.17) is 14.3 Å². The first-order valence-electron chi connectivity index (χ1n) is 8.38. The van der Waals surface area contributed by atoms with Gasteiger partial charge in [-0.05, 0) is 23.6 Å². The maximum absolute atomic E-state index is 12.0. The van der Waals surface area contributed by atoms with Gasteiger partial charge in [0.2, 0.25) is 0 Å². The second kappa shape index (κ2) is 11.1. The number of carbonyl (C=O) groups is 1. The fraction of sp³-hybridized carbons (Fsp3) is 0.238. The molecule has 27 heavy (non-hydrogen) atoms. The van der Waals surface area contributed by atoms with Gasteiger partial charge in [-0.2, -0.15) is 0 Å². The summed E-state index contributed by atoms with van der Waals surface area (Å²) in [6, 6.07) is 17.5. The van der Waals surface area contributed by atoms with Crippen molar-refractivity contribution < 1.29 is 19.1 Å². The zero-order chi connectivity index (χ0) is 19.5. The smallest absolute Gasteiger partial charge is 0.341 e. The largest absolute Gasteiger partial charge is 0.503 e. The van der Waals surface area contributed by atoms with E-state index < -0.39 is 5.97 Å². The highest BCUT2D eigenvalue weighted by molar-refractivity contribution is 8.13. The van der Waals surface area contributed by atoms with Crippen LogP contribution < -0.4 is 0 Å². The zero-order valence-corrected chi connectivity index (χ0v) is 16.5. The van der Waals surface area contributed by atoms with Gasteiger partial charge in [-0.15, -0.1) is 11.8 Å². The molecular weight excluding hydrogens is 362 g/mol. The van der Waals surface area contributed by atoms with Crippen molar-refractivity contribution >= 4 is 28.3 Å². The first-order valence-corrected chi connectivity index (χ1v) is 9.37. The summed E-state index contributed by atoms with van der Waals surface area (Å²) in [4.78, 5) is 17.5. The Kier molecular flexibility index (Phi) is 8.45. The fourth-order valence-electron chi connectivity index (χ4n) is 2.34. The van der Waals surface area contributed by atoms with Gasteiger partial charge in [0.15, 0.2) is 0 Å². The van der Waals surface area contributed by atoms with Crippen LogP contribution >= 0.6 is 11.8 Å². The fourth-order valence-corrected chi connectivity index (χ4v) is 3.06. The predicted octanol–water partition coefficient (Wildman–Crippen LogP) is 4.63. The molecule has 0 aromatic heterocycles. The Balaban J connectivity index is 2.02. The number of hydrogen-bond donors (Lipinski definition) is 0. The van der Waals surface area contributed by atoms with Crippen LogP contribution in [-0.4, -0.2) is 25.2 Å². The highest BCUT2D eigenvalue weighted by atomic mass is 32.2. The summed E-state index contributed by atoms with van der Waals surface area (Å²) in [5.74, 6) is 0.198. The number of methoxy groups -OCH3 is 2. The van der Waals surface area contributed by atoms with Gasteiger partial charge in [-0.3, -0.25) is 0 Å². The number of oxime groups is 1. The quantitative estimate of drug-likeness (QED) is 0.166. The molecule has 0 aliphatic heterocycles. The Hall–Kier alpha value is -2.73. The van der Waals surface area contributed by atoms with Crippen LogP contribution in [0.5, 0.6) is 0 Å². The first kappa shape index (κ1) is 20.6. The molecule has 142 valence electrons. The molecule has 0 unspecified atom stereocenters. The Morgan fingerprint density at radius 3 is 2.48 bits per heavy atom. The molecule has 0 amide bonds. The second-order valence-corrected chi connectivity index (χ2v) is 6.74. The van der Waals surface area contributed by atoms with Gasteiger partial charge in [-0.25, -0.2) is 4.79 Å². The van der Waals surface area contributed by atoms with Crippen molar-refractivity contribution in [3.05, 3.63) is 77.5 Å². The number of nitrogens with zero attached hydrogens (tertiary/aromatic N) is 1. The molecule has 0 atom stereocenters. The number of esters is 1. The molecule has 6 heteroatoms. The maximum Gasteiger partial charge on any atom is 0.341 e. The molecule has 0 saturated heterocycles. The van der Waals surface area contributed by atoms with E-state index in [1.807, 2.05) is 61.5 Å². The normalized spacial score (nSPS) is 11.8. The molecule has 0 N–H and O–H groups in total. The van der Waals surface area contributed by atoms with E-state index in [1.165, 1.54) is 32.2 Å². The lowest BCUT2D eigenvalue weighted by atomic mass is 10.0. The monoisotopic (exact) mass is 385 g/mol. The lowest BCUT2D eigenvalue weighted by Crippen LogP contribution is -2.06. The van der Waals surface area contributed by atoms with Crippen LogP contribution in [0.25, 0.3) is 5.57 Å². The SMILES string of the molecule is COC=C(C(=O)OC)c1ccccc1CSC(C)=NOCc1ccccc1. The molecule has 2 rings (SSSR count). The zero-order valence-electron chi connectivity index (χ0n) is 15.7. The second-order valence-electron chi connectivity index (χ2n) is 5.57. The Labute approximate surface area is 164 Å². The van der Waals surface area contributed by atoms with Gasteiger partial charge in [0.05, 0.1) is 20.5 Å². The van der Waals surface area contributed by atoms with Gasteiger partial charge < -0.3 is 14.3 Å². The van der Waals surface area contributed by atoms with Crippen LogP contribution in [0.3, 0.4) is 0 Å². The lowest BCUT2D eigenvalue weighted by Gasteiger charge is -2.11. The summed E-state index contributed by atoms with van der Waals surface area (Å²) < 4.78 is 9.90. The molecule has 0 aliphatic rings. The Morgan fingerprint density at radius 1 is 1.07 bits per heavy atom. The third-order valence-electron chi connectivity index (χ3n) is 3.65. The van der Waals surface area contributed by atoms with Crippen molar-refractivity contribution in [3.8, 4) is 0 Å². The summed E-state index contributed by atoms with van der Waals surface area (Å²) >= 11 is 1.54. The molecule has 2 aromatic rings. The van der Waals surface area contributed by atoms with E-state index in [9.17, 15) is 4.79 Å². The van der Waals surface area contributed by atoms with E-state index >= 15 is 0 Å². The van der Waals surface area contributed by atoms with Crippen LogP contribution in [-0.2, 0) is 31.5 Å². The number of rotatable bonds is 8. The summed E-state index contributed by atoms with van der Waals surface area (Å²) in [7, 11) is 2.85. The highest BCUT2D eigenvalue weighted by Crippen LogP contribution is 2.25. The van der Waals surface area contributed by atoms with Crippen molar-refractivity contribution in [1.29, 1.82) is 0 Å². The van der Waals surface area contributed by atoms with Crippen molar-refractivity contribution in [2.45, 2.75) is 19.3 Å². The molecule has 0 saturated carbocycles. The minimum Gasteiger partial charge on any atom is -0.503 e. The standard InChI is InChI=1S/C21H23NO4S/c1-16(22-26-13-17-9-5-4-6-10-17)27-15-18-11-7-8-12-19(18)20(14-24-2)21(23)25-3/h4-12,14H,13,15H2,1-3H3. The summed E-state index contributed by atoms with van der Waals surface area (Å²) in [5, 5.41) is 4.95. The van der Waals surface area contributed by atoms with Crippen molar-refractivity contribution in [3.63, 3.8) is 0 Å². The third kappa shape index (κ3) is 6.49. The van der Waals surface area contributed by atoms with Crippen molar-refractivity contribution in [2.24, 2.45) is 5.16 Å². The average molecular weight is 385 g/mol. The van der Waals surface area contributed by atoms with Gasteiger partial charge >= 0.3 is 5.97 Å². The lowest BCUT2D eigenvalue weighted by molar-refractivity contribution is -0.133. The third-order valence-corrected chi connectivity index (χ3v) is 4.60. The van der Waals surface area contributed by atoms with Crippen LogP contribution in [0.15, 0.2) is 66.0 Å². The number of hydrogen-bond acceptors (Lipinski definition) is 6. The molecule has 2 aromatic carbocycles. The summed E-state index contributed by atoms with van der Waals surface area (Å²) in [6.45, 7) is 2.32. The minimum absolute atomic E-state index is 0.381. The van der Waals surface area contributed by atoms with Crippen molar-refractivity contribution in [1.82, 2.24) is 0 Å². The highest BCUT2D eigenvalue weighted by Gasteiger charge is 2.16. The molecule has 0 aliphatic carbocycles. The van der Waals surface area contributed by atoms with Crippen LogP contribution in [0.4, 0.5) is 0 Å².